The predicted octanol–water partition coefficient (Wildman–Crippen LogP) is 6.01. The lowest BCUT2D eigenvalue weighted by Crippen LogP contribution is -2.34. The van der Waals surface area contributed by atoms with Gasteiger partial charge >= 0.3 is 5.97 Å². The first kappa shape index (κ1) is 23.4. The van der Waals surface area contributed by atoms with Crippen molar-refractivity contribution in [3.05, 3.63) is 112 Å². The fourth-order valence-electron chi connectivity index (χ4n) is 3.51. The summed E-state index contributed by atoms with van der Waals surface area (Å²) in [5, 5.41) is 0. The van der Waals surface area contributed by atoms with Crippen LogP contribution in [0.3, 0.4) is 0 Å². The molecule has 0 aromatic heterocycles. The number of carbonyl (C=O) groups is 3. The summed E-state index contributed by atoms with van der Waals surface area (Å²) in [6.07, 6.45) is 1.68. The van der Waals surface area contributed by atoms with E-state index in [0.29, 0.717) is 11.1 Å². The van der Waals surface area contributed by atoms with Gasteiger partial charge in [-0.15, -0.1) is 0 Å². The standard InChI is InChI=1S/C27H23BrO4/c1-3-19-12-14-21(15-13-19)26(30)25(22-10-7-11-23(28)16-22)24(18(2)29)27(31)32-17-20-8-5-4-6-9-20/h3-16,24-25H,1,17H2,2H3. The molecule has 2 atom stereocenters. The lowest BCUT2D eigenvalue weighted by atomic mass is 9.78. The number of carbonyl (C=O) groups excluding carboxylic acids is 3. The Morgan fingerprint density at radius 2 is 1.66 bits per heavy atom. The van der Waals surface area contributed by atoms with Crippen molar-refractivity contribution in [2.24, 2.45) is 5.92 Å². The molecular weight excluding hydrogens is 468 g/mol. The van der Waals surface area contributed by atoms with Crippen LogP contribution in [0.15, 0.2) is 89.9 Å². The predicted molar refractivity (Wildman–Crippen MR) is 128 cm³/mol. The lowest BCUT2D eigenvalue weighted by Gasteiger charge is -2.24. The average molecular weight is 491 g/mol. The molecule has 32 heavy (non-hydrogen) atoms. The van der Waals surface area contributed by atoms with E-state index in [4.69, 9.17) is 4.74 Å². The van der Waals surface area contributed by atoms with Gasteiger partial charge in [0.15, 0.2) is 5.78 Å². The van der Waals surface area contributed by atoms with Gasteiger partial charge in [0.2, 0.25) is 0 Å². The molecule has 5 heteroatoms. The molecule has 0 radical (unpaired) electrons. The van der Waals surface area contributed by atoms with E-state index >= 15 is 0 Å². The Balaban J connectivity index is 1.98. The Morgan fingerprint density at radius 1 is 0.969 bits per heavy atom. The van der Waals surface area contributed by atoms with Gasteiger partial charge in [-0.3, -0.25) is 14.4 Å². The van der Waals surface area contributed by atoms with Crippen molar-refractivity contribution in [3.8, 4) is 0 Å². The van der Waals surface area contributed by atoms with E-state index in [1.165, 1.54) is 6.92 Å². The monoisotopic (exact) mass is 490 g/mol. The maximum Gasteiger partial charge on any atom is 0.317 e. The van der Waals surface area contributed by atoms with Crippen LogP contribution in [0.2, 0.25) is 0 Å². The molecule has 0 heterocycles. The molecular formula is C27H23BrO4. The summed E-state index contributed by atoms with van der Waals surface area (Å²) < 4.78 is 6.21. The fraction of sp³-hybridized carbons (Fsp3) is 0.148. The van der Waals surface area contributed by atoms with Crippen molar-refractivity contribution in [2.75, 3.05) is 0 Å². The molecule has 0 saturated carbocycles. The first-order valence-electron chi connectivity index (χ1n) is 10.1. The summed E-state index contributed by atoms with van der Waals surface area (Å²) in [7, 11) is 0. The van der Waals surface area contributed by atoms with Gasteiger partial charge < -0.3 is 4.74 Å². The molecule has 3 aromatic rings. The van der Waals surface area contributed by atoms with Gasteiger partial charge in [-0.25, -0.2) is 0 Å². The van der Waals surface area contributed by atoms with Crippen LogP contribution in [-0.2, 0) is 20.9 Å². The number of rotatable bonds is 9. The number of benzene rings is 3. The molecule has 0 aliphatic carbocycles. The van der Waals surface area contributed by atoms with Gasteiger partial charge in [0.25, 0.3) is 0 Å². The van der Waals surface area contributed by atoms with Crippen molar-refractivity contribution in [1.82, 2.24) is 0 Å². The molecule has 2 unspecified atom stereocenters. The van der Waals surface area contributed by atoms with E-state index in [0.717, 1.165) is 15.6 Å². The SMILES string of the molecule is C=Cc1ccc(C(=O)C(c2cccc(Br)c2)C(C(C)=O)C(=O)OCc2ccccc2)cc1. The van der Waals surface area contributed by atoms with Crippen LogP contribution in [0.4, 0.5) is 0 Å². The highest BCUT2D eigenvalue weighted by Crippen LogP contribution is 2.32. The van der Waals surface area contributed by atoms with Crippen LogP contribution < -0.4 is 0 Å². The summed E-state index contributed by atoms with van der Waals surface area (Å²) in [6, 6.07) is 23.2. The summed E-state index contributed by atoms with van der Waals surface area (Å²) >= 11 is 3.42. The number of ether oxygens (including phenoxy) is 1. The van der Waals surface area contributed by atoms with Crippen molar-refractivity contribution in [3.63, 3.8) is 0 Å². The summed E-state index contributed by atoms with van der Waals surface area (Å²) in [6.45, 7) is 5.06. The number of hydrogen-bond acceptors (Lipinski definition) is 4. The van der Waals surface area contributed by atoms with E-state index < -0.39 is 23.6 Å². The molecule has 0 N–H and O–H groups in total. The Kier molecular flexibility index (Phi) is 7.90. The van der Waals surface area contributed by atoms with Gasteiger partial charge in [0.1, 0.15) is 18.3 Å². The van der Waals surface area contributed by atoms with E-state index in [2.05, 4.69) is 22.5 Å². The van der Waals surface area contributed by atoms with Crippen molar-refractivity contribution in [1.29, 1.82) is 0 Å². The maximum atomic E-state index is 13.6. The Morgan fingerprint density at radius 3 is 2.25 bits per heavy atom. The van der Waals surface area contributed by atoms with Crippen molar-refractivity contribution in [2.45, 2.75) is 19.4 Å². The first-order valence-corrected chi connectivity index (χ1v) is 10.9. The minimum absolute atomic E-state index is 0.0247. The Hall–Kier alpha value is -3.31. The topological polar surface area (TPSA) is 60.4 Å². The van der Waals surface area contributed by atoms with Crippen LogP contribution in [0.25, 0.3) is 6.08 Å². The highest BCUT2D eigenvalue weighted by atomic mass is 79.9. The Bertz CT molecular complexity index is 1120. The third-order valence-corrected chi connectivity index (χ3v) is 5.66. The molecule has 0 fully saturated rings. The third-order valence-electron chi connectivity index (χ3n) is 5.17. The van der Waals surface area contributed by atoms with Crippen LogP contribution >= 0.6 is 15.9 Å². The van der Waals surface area contributed by atoms with Gasteiger partial charge in [-0.2, -0.15) is 0 Å². The largest absolute Gasteiger partial charge is 0.460 e. The van der Waals surface area contributed by atoms with Gasteiger partial charge in [0, 0.05) is 10.0 Å². The van der Waals surface area contributed by atoms with E-state index in [1.807, 2.05) is 36.4 Å². The molecule has 0 aliphatic heterocycles. The highest BCUT2D eigenvalue weighted by molar-refractivity contribution is 9.10. The third kappa shape index (κ3) is 5.68. The minimum atomic E-state index is -1.26. The first-order chi connectivity index (χ1) is 15.4. The molecule has 162 valence electrons. The molecule has 0 aliphatic rings. The number of ketones is 2. The van der Waals surface area contributed by atoms with E-state index in [-0.39, 0.29) is 12.4 Å². The highest BCUT2D eigenvalue weighted by Gasteiger charge is 2.40. The maximum absolute atomic E-state index is 13.6. The molecule has 0 saturated heterocycles. The Labute approximate surface area is 196 Å². The number of esters is 1. The molecule has 0 bridgehead atoms. The van der Waals surface area contributed by atoms with Gasteiger partial charge in [-0.05, 0) is 35.7 Å². The van der Waals surface area contributed by atoms with Gasteiger partial charge in [0.05, 0.1) is 5.92 Å². The normalized spacial score (nSPS) is 12.4. The average Bonchev–Trinajstić information content (AvgIpc) is 2.81. The molecule has 0 amide bonds. The zero-order valence-corrected chi connectivity index (χ0v) is 19.2. The minimum Gasteiger partial charge on any atom is -0.460 e. The van der Waals surface area contributed by atoms with E-state index in [9.17, 15) is 14.4 Å². The number of halogens is 1. The second-order valence-corrected chi connectivity index (χ2v) is 8.32. The molecule has 4 nitrogen and oxygen atoms in total. The van der Waals surface area contributed by atoms with Gasteiger partial charge in [-0.1, -0.05) is 95.3 Å². The summed E-state index contributed by atoms with van der Waals surface area (Å²) in [5.74, 6) is -3.75. The van der Waals surface area contributed by atoms with Crippen LogP contribution in [-0.4, -0.2) is 17.5 Å². The van der Waals surface area contributed by atoms with Crippen molar-refractivity contribution >= 4 is 39.5 Å². The summed E-state index contributed by atoms with van der Waals surface area (Å²) in [4.78, 5) is 39.3. The van der Waals surface area contributed by atoms with Crippen LogP contribution in [0.5, 0.6) is 0 Å². The fourth-order valence-corrected chi connectivity index (χ4v) is 3.93. The molecule has 3 rings (SSSR count). The van der Waals surface area contributed by atoms with E-state index in [1.54, 1.807) is 48.5 Å². The summed E-state index contributed by atoms with van der Waals surface area (Å²) in [5.41, 5.74) is 2.64. The zero-order valence-electron chi connectivity index (χ0n) is 17.7. The quantitative estimate of drug-likeness (QED) is 0.209. The smallest absolute Gasteiger partial charge is 0.317 e. The lowest BCUT2D eigenvalue weighted by molar-refractivity contribution is -0.153. The van der Waals surface area contributed by atoms with Crippen LogP contribution in [0, 0.1) is 5.92 Å². The molecule has 3 aromatic carbocycles. The zero-order chi connectivity index (χ0) is 23.1. The number of Topliss-reactive ketones (excluding diaryl/α,β-unsaturated/α-hetero) is 2. The second-order valence-electron chi connectivity index (χ2n) is 7.40. The van der Waals surface area contributed by atoms with Crippen LogP contribution in [0.1, 0.15) is 39.9 Å². The number of hydrogen-bond donors (Lipinski definition) is 0. The molecule has 0 spiro atoms. The second kappa shape index (κ2) is 10.8. The van der Waals surface area contributed by atoms with Crippen molar-refractivity contribution < 1.29 is 19.1 Å².